The Morgan fingerprint density at radius 2 is 1.03 bits per heavy atom. The largest absolute Gasteiger partial charge is 0.462 e. The summed E-state index contributed by atoms with van der Waals surface area (Å²) in [5.41, 5.74) is 0. The lowest BCUT2D eigenvalue weighted by Gasteiger charge is -2.41. The van der Waals surface area contributed by atoms with Crippen LogP contribution in [-0.2, 0) is 14.3 Å². The van der Waals surface area contributed by atoms with Crippen LogP contribution in [0.3, 0.4) is 0 Å². The second-order valence-electron chi connectivity index (χ2n) is 5.76. The smallest absolute Gasteiger partial charge is 0.460 e. The molecule has 1 atom stereocenters. The zero-order valence-corrected chi connectivity index (χ0v) is 14.8. The molecule has 0 radical (unpaired) electrons. The van der Waals surface area contributed by atoms with E-state index in [0.29, 0.717) is 0 Å². The Labute approximate surface area is 170 Å². The van der Waals surface area contributed by atoms with Crippen LogP contribution in [0.4, 0.5) is 74.6 Å². The fraction of sp³-hybridized carbons (Fsp3) is 0.769. The summed E-state index contributed by atoms with van der Waals surface area (Å²) >= 11 is 0. The molecule has 0 N–H and O–H groups in total. The second-order valence-corrected chi connectivity index (χ2v) is 5.76. The van der Waals surface area contributed by atoms with Gasteiger partial charge >= 0.3 is 54.0 Å². The Morgan fingerprint density at radius 1 is 0.636 bits per heavy atom. The third-order valence-corrected chi connectivity index (χ3v) is 3.45. The molecule has 0 bridgehead atoms. The maximum atomic E-state index is 13.8. The highest BCUT2D eigenvalue weighted by Crippen LogP contribution is 2.61. The third kappa shape index (κ3) is 5.23. The van der Waals surface area contributed by atoms with Crippen LogP contribution < -0.4 is 0 Å². The summed E-state index contributed by atoms with van der Waals surface area (Å²) in [5, 5.41) is 0. The first-order chi connectivity index (χ1) is 14.2. The maximum absolute atomic E-state index is 13.8. The minimum atomic E-state index is -8.50. The molecule has 1 unspecified atom stereocenters. The highest BCUT2D eigenvalue weighted by Gasteiger charge is 2.92. The lowest BCUT2D eigenvalue weighted by molar-refractivity contribution is -0.499. The van der Waals surface area contributed by atoms with E-state index in [2.05, 4.69) is 11.3 Å². The summed E-state index contributed by atoms with van der Waals surface area (Å²) < 4.78 is 225. The number of carbonyl (C=O) groups is 1. The van der Waals surface area contributed by atoms with Gasteiger partial charge in [-0.25, -0.2) is 9.18 Å². The molecule has 0 aliphatic heterocycles. The summed E-state index contributed by atoms with van der Waals surface area (Å²) in [4.78, 5) is 10.6. The van der Waals surface area contributed by atoms with Crippen LogP contribution in [-0.4, -0.2) is 60.6 Å². The molecular weight excluding hydrogens is 527 g/mol. The van der Waals surface area contributed by atoms with Gasteiger partial charge in [-0.3, -0.25) is 4.74 Å². The van der Waals surface area contributed by atoms with E-state index in [1.54, 1.807) is 0 Å². The van der Waals surface area contributed by atoms with Gasteiger partial charge in [0.25, 0.3) is 0 Å². The molecule has 0 amide bonds. The Morgan fingerprint density at radius 3 is 1.36 bits per heavy atom. The van der Waals surface area contributed by atoms with Crippen LogP contribution in [0.25, 0.3) is 0 Å². The van der Waals surface area contributed by atoms with Gasteiger partial charge in [0.05, 0.1) is 13.0 Å². The molecule has 0 fully saturated rings. The molecule has 20 heteroatoms. The SMILES string of the molecule is C=CC(=O)OCCC(F)(OC(F)(F)C(F)(F)C(F)(F)C(F)(F)C(F)(F)C(F)(F)F)C(F)(F)F. The minimum Gasteiger partial charge on any atom is -0.462 e. The Kier molecular flexibility index (Phi) is 8.11. The van der Waals surface area contributed by atoms with Crippen LogP contribution in [0.1, 0.15) is 6.42 Å². The average Bonchev–Trinajstić information content (AvgIpc) is 2.58. The first-order valence-electron chi connectivity index (χ1n) is 7.37. The molecule has 0 saturated heterocycles. The Balaban J connectivity index is 6.35. The zero-order valence-electron chi connectivity index (χ0n) is 14.8. The van der Waals surface area contributed by atoms with E-state index in [1.807, 2.05) is 4.74 Å². The van der Waals surface area contributed by atoms with Crippen molar-refractivity contribution in [3.05, 3.63) is 12.7 Å². The van der Waals surface area contributed by atoms with Crippen molar-refractivity contribution in [1.29, 1.82) is 0 Å². The molecule has 3 nitrogen and oxygen atoms in total. The van der Waals surface area contributed by atoms with Gasteiger partial charge in [0.2, 0.25) is 0 Å². The quantitative estimate of drug-likeness (QED) is 0.195. The van der Waals surface area contributed by atoms with E-state index < -0.39 is 67.0 Å². The number of alkyl halides is 17. The van der Waals surface area contributed by atoms with E-state index >= 15 is 0 Å². The molecule has 0 aliphatic rings. The Bertz CT molecular complexity index is 723. The van der Waals surface area contributed by atoms with Crippen molar-refractivity contribution in [3.8, 4) is 0 Å². The van der Waals surface area contributed by atoms with Crippen molar-refractivity contribution in [2.24, 2.45) is 0 Å². The van der Waals surface area contributed by atoms with Crippen molar-refractivity contribution < 1.29 is 88.9 Å². The highest BCUT2D eigenvalue weighted by molar-refractivity contribution is 5.81. The summed E-state index contributed by atoms with van der Waals surface area (Å²) in [6.07, 6.45) is -25.0. The number of hydrogen-bond acceptors (Lipinski definition) is 3. The van der Waals surface area contributed by atoms with E-state index in [0.717, 1.165) is 0 Å². The summed E-state index contributed by atoms with van der Waals surface area (Å²) in [6, 6.07) is 0. The first-order valence-corrected chi connectivity index (χ1v) is 7.37. The van der Waals surface area contributed by atoms with Gasteiger partial charge < -0.3 is 4.74 Å². The van der Waals surface area contributed by atoms with Crippen molar-refractivity contribution in [3.63, 3.8) is 0 Å². The van der Waals surface area contributed by atoms with Crippen molar-refractivity contribution >= 4 is 5.97 Å². The summed E-state index contributed by atoms with van der Waals surface area (Å²) in [5.74, 6) is -41.3. The fourth-order valence-corrected chi connectivity index (χ4v) is 1.61. The predicted octanol–water partition coefficient (Wildman–Crippen LogP) is 6.05. The number of esters is 1. The average molecular weight is 534 g/mol. The molecule has 0 aromatic heterocycles. The van der Waals surface area contributed by atoms with Crippen LogP contribution in [0.15, 0.2) is 12.7 Å². The monoisotopic (exact) mass is 534 g/mol. The van der Waals surface area contributed by atoms with E-state index in [4.69, 9.17) is 0 Å². The van der Waals surface area contributed by atoms with Crippen molar-refractivity contribution in [1.82, 2.24) is 0 Å². The molecule has 0 heterocycles. The molecule has 0 aliphatic carbocycles. The summed E-state index contributed by atoms with van der Waals surface area (Å²) in [6.45, 7) is 0.696. The number of rotatable bonds is 10. The predicted molar refractivity (Wildman–Crippen MR) is 67.5 cm³/mol. The summed E-state index contributed by atoms with van der Waals surface area (Å²) in [7, 11) is 0. The lowest BCUT2D eigenvalue weighted by atomic mass is 9.97. The Hall–Kier alpha value is -2.02. The fourth-order valence-electron chi connectivity index (χ4n) is 1.61. The van der Waals surface area contributed by atoms with Crippen molar-refractivity contribution in [2.75, 3.05) is 6.61 Å². The highest BCUT2D eigenvalue weighted by atomic mass is 19.4. The van der Waals surface area contributed by atoms with Crippen LogP contribution in [0, 0.1) is 0 Å². The van der Waals surface area contributed by atoms with Crippen LogP contribution in [0.5, 0.6) is 0 Å². The molecule has 0 saturated carbocycles. The van der Waals surface area contributed by atoms with Gasteiger partial charge in [-0.1, -0.05) is 6.58 Å². The topological polar surface area (TPSA) is 35.5 Å². The standard InChI is InChI=1S/C13H7F17O3/c1-2-5(31)32-4-3-6(14,11(23,24)25)33-13(29,30)10(21,22)8(17,18)7(15,16)9(19,20)12(26,27)28/h2H,1,3-4H2. The lowest BCUT2D eigenvalue weighted by Crippen LogP contribution is -2.71. The van der Waals surface area contributed by atoms with Gasteiger partial charge in [0.1, 0.15) is 0 Å². The molecule has 196 valence electrons. The van der Waals surface area contributed by atoms with Gasteiger partial charge in [-0.05, 0) is 0 Å². The molecule has 0 aromatic rings. The molecule has 33 heavy (non-hydrogen) atoms. The van der Waals surface area contributed by atoms with Crippen molar-refractivity contribution in [2.45, 2.75) is 54.4 Å². The number of halogens is 17. The normalized spacial score (nSPS) is 16.9. The van der Waals surface area contributed by atoms with Gasteiger partial charge in [-0.15, -0.1) is 0 Å². The van der Waals surface area contributed by atoms with Gasteiger partial charge in [-0.2, -0.15) is 70.2 Å². The molecular formula is C13H7F17O3. The van der Waals surface area contributed by atoms with E-state index in [1.165, 1.54) is 0 Å². The number of carbonyl (C=O) groups excluding carboxylic acids is 1. The minimum absolute atomic E-state index is 0.195. The van der Waals surface area contributed by atoms with Gasteiger partial charge in [0, 0.05) is 6.08 Å². The third-order valence-electron chi connectivity index (χ3n) is 3.45. The van der Waals surface area contributed by atoms with Crippen LogP contribution in [0.2, 0.25) is 0 Å². The van der Waals surface area contributed by atoms with Crippen LogP contribution >= 0.6 is 0 Å². The molecule has 0 aromatic carbocycles. The number of ether oxygens (including phenoxy) is 2. The maximum Gasteiger partial charge on any atom is 0.460 e. The van der Waals surface area contributed by atoms with Gasteiger partial charge in [0.15, 0.2) is 0 Å². The first kappa shape index (κ1) is 31.0. The van der Waals surface area contributed by atoms with E-state index in [9.17, 15) is 79.4 Å². The molecule has 0 rings (SSSR count). The second kappa shape index (κ2) is 8.64. The van der Waals surface area contributed by atoms with E-state index in [-0.39, 0.29) is 6.08 Å². The number of hydrogen-bond donors (Lipinski definition) is 0. The molecule has 0 spiro atoms. The zero-order chi connectivity index (χ0) is 27.1.